The second kappa shape index (κ2) is 6.78. The summed E-state index contributed by atoms with van der Waals surface area (Å²) in [6.07, 6.45) is 7.30. The Labute approximate surface area is 142 Å². The van der Waals surface area contributed by atoms with Crippen LogP contribution in [0.1, 0.15) is 11.4 Å². The van der Waals surface area contributed by atoms with Crippen molar-refractivity contribution in [1.82, 2.24) is 29.7 Å². The van der Waals surface area contributed by atoms with Gasteiger partial charge in [-0.1, -0.05) is 0 Å². The second-order valence-electron chi connectivity index (χ2n) is 6.57. The summed E-state index contributed by atoms with van der Waals surface area (Å²) in [6.45, 7) is 9.32. The molecule has 7 heteroatoms. The first kappa shape index (κ1) is 15.4. The summed E-state index contributed by atoms with van der Waals surface area (Å²) < 4.78 is 0. The topological polar surface area (TPSA) is 61.3 Å². The Bertz CT molecular complexity index is 664. The zero-order valence-corrected chi connectivity index (χ0v) is 14.0. The van der Waals surface area contributed by atoms with Crippen molar-refractivity contribution in [1.29, 1.82) is 0 Å². The van der Waals surface area contributed by atoms with Crippen LogP contribution in [-0.4, -0.2) is 75.0 Å². The summed E-state index contributed by atoms with van der Waals surface area (Å²) in [7, 11) is 0. The number of rotatable bonds is 4. The van der Waals surface area contributed by atoms with E-state index >= 15 is 0 Å². The van der Waals surface area contributed by atoms with Gasteiger partial charge in [0, 0.05) is 76.6 Å². The Morgan fingerprint density at radius 3 is 2.50 bits per heavy atom. The van der Waals surface area contributed by atoms with E-state index in [0.717, 1.165) is 63.1 Å². The maximum absolute atomic E-state index is 4.54. The molecule has 0 unspecified atom stereocenters. The van der Waals surface area contributed by atoms with Gasteiger partial charge < -0.3 is 4.90 Å². The van der Waals surface area contributed by atoms with E-state index in [0.29, 0.717) is 6.04 Å². The molecule has 4 rings (SSSR count). The maximum Gasteiger partial charge on any atom is 0.225 e. The number of piperazine rings is 1. The van der Waals surface area contributed by atoms with Gasteiger partial charge in [0.15, 0.2) is 0 Å². The highest BCUT2D eigenvalue weighted by Gasteiger charge is 2.33. The van der Waals surface area contributed by atoms with Crippen LogP contribution in [0, 0.1) is 6.92 Å². The molecule has 0 aliphatic carbocycles. The molecule has 0 radical (unpaired) electrons. The van der Waals surface area contributed by atoms with E-state index < -0.39 is 0 Å². The largest absolute Gasteiger partial charge is 0.338 e. The van der Waals surface area contributed by atoms with Crippen molar-refractivity contribution in [3.05, 3.63) is 42.2 Å². The molecule has 2 aliphatic heterocycles. The molecule has 4 heterocycles. The summed E-state index contributed by atoms with van der Waals surface area (Å²) in [4.78, 5) is 24.8. The van der Waals surface area contributed by atoms with E-state index in [1.807, 2.05) is 31.6 Å². The van der Waals surface area contributed by atoms with Crippen molar-refractivity contribution in [2.75, 3.05) is 44.2 Å². The molecule has 0 atom stereocenters. The van der Waals surface area contributed by atoms with Crippen molar-refractivity contribution in [3.8, 4) is 0 Å². The van der Waals surface area contributed by atoms with Gasteiger partial charge in [0.25, 0.3) is 0 Å². The van der Waals surface area contributed by atoms with E-state index in [1.165, 1.54) is 0 Å². The lowest BCUT2D eigenvalue weighted by Gasteiger charge is -2.48. The number of likely N-dealkylation sites (tertiary alicyclic amines) is 1. The summed E-state index contributed by atoms with van der Waals surface area (Å²) in [5, 5.41) is 0. The highest BCUT2D eigenvalue weighted by atomic mass is 15.4. The fourth-order valence-electron chi connectivity index (χ4n) is 3.46. The fraction of sp³-hybridized carbons (Fsp3) is 0.529. The van der Waals surface area contributed by atoms with E-state index in [9.17, 15) is 0 Å². The third-order valence-electron chi connectivity index (χ3n) is 4.79. The van der Waals surface area contributed by atoms with E-state index in [2.05, 4.69) is 34.6 Å². The van der Waals surface area contributed by atoms with Crippen LogP contribution in [0.4, 0.5) is 5.95 Å². The standard InChI is InChI=1S/C17H23N7/c1-14-9-18-10-15(21-14)11-22-12-16(13-22)23-5-7-24(8-6-23)17-19-3-2-4-20-17/h2-4,9-10,16H,5-8,11-13H2,1H3. The Hall–Kier alpha value is -2.12. The minimum absolute atomic E-state index is 0.668. The van der Waals surface area contributed by atoms with Crippen LogP contribution < -0.4 is 4.90 Å². The number of aromatic nitrogens is 4. The Balaban J connectivity index is 1.24. The summed E-state index contributed by atoms with van der Waals surface area (Å²) >= 11 is 0. The maximum atomic E-state index is 4.54. The molecule has 0 saturated carbocycles. The molecule has 2 aromatic rings. The molecule has 0 spiro atoms. The quantitative estimate of drug-likeness (QED) is 0.815. The number of nitrogens with zero attached hydrogens (tertiary/aromatic N) is 7. The number of hydrogen-bond acceptors (Lipinski definition) is 7. The number of aryl methyl sites for hydroxylation is 1. The summed E-state index contributed by atoms with van der Waals surface area (Å²) in [6, 6.07) is 2.53. The van der Waals surface area contributed by atoms with E-state index in [1.54, 1.807) is 6.20 Å². The van der Waals surface area contributed by atoms with Gasteiger partial charge in [-0.2, -0.15) is 0 Å². The third-order valence-corrected chi connectivity index (χ3v) is 4.79. The van der Waals surface area contributed by atoms with Crippen LogP contribution >= 0.6 is 0 Å². The van der Waals surface area contributed by atoms with Gasteiger partial charge in [-0.15, -0.1) is 0 Å². The lowest BCUT2D eigenvalue weighted by atomic mass is 10.1. The normalized spacial score (nSPS) is 20.1. The van der Waals surface area contributed by atoms with Crippen LogP contribution in [-0.2, 0) is 6.54 Å². The van der Waals surface area contributed by atoms with Crippen molar-refractivity contribution >= 4 is 5.95 Å². The van der Waals surface area contributed by atoms with Crippen LogP contribution in [0.15, 0.2) is 30.9 Å². The first-order valence-electron chi connectivity index (χ1n) is 8.54. The van der Waals surface area contributed by atoms with Crippen molar-refractivity contribution in [3.63, 3.8) is 0 Å². The average Bonchev–Trinajstić information content (AvgIpc) is 2.59. The van der Waals surface area contributed by atoms with E-state index in [4.69, 9.17) is 0 Å². The zero-order valence-electron chi connectivity index (χ0n) is 14.0. The Morgan fingerprint density at radius 1 is 1.04 bits per heavy atom. The molecule has 2 aromatic heterocycles. The predicted octanol–water partition coefficient (Wildman–Crippen LogP) is 0.581. The molecule has 126 valence electrons. The van der Waals surface area contributed by atoms with Crippen molar-refractivity contribution in [2.45, 2.75) is 19.5 Å². The molecule has 2 fully saturated rings. The van der Waals surface area contributed by atoms with Crippen molar-refractivity contribution in [2.24, 2.45) is 0 Å². The third kappa shape index (κ3) is 3.37. The lowest BCUT2D eigenvalue weighted by Crippen LogP contribution is -2.62. The minimum atomic E-state index is 0.668. The minimum Gasteiger partial charge on any atom is -0.338 e. The van der Waals surface area contributed by atoms with Gasteiger partial charge in [0.2, 0.25) is 5.95 Å². The fourth-order valence-corrected chi connectivity index (χ4v) is 3.46. The molecule has 24 heavy (non-hydrogen) atoms. The van der Waals surface area contributed by atoms with Crippen molar-refractivity contribution < 1.29 is 0 Å². The average molecular weight is 325 g/mol. The summed E-state index contributed by atoms with van der Waals surface area (Å²) in [5.41, 5.74) is 2.06. The molecular weight excluding hydrogens is 302 g/mol. The Morgan fingerprint density at radius 2 is 1.79 bits per heavy atom. The van der Waals surface area contributed by atoms with Gasteiger partial charge >= 0.3 is 0 Å². The molecule has 2 aliphatic rings. The molecule has 7 nitrogen and oxygen atoms in total. The van der Waals surface area contributed by atoms with Gasteiger partial charge in [-0.05, 0) is 13.0 Å². The Kier molecular flexibility index (Phi) is 4.36. The molecule has 0 aromatic carbocycles. The smallest absolute Gasteiger partial charge is 0.225 e. The number of anilines is 1. The second-order valence-corrected chi connectivity index (χ2v) is 6.57. The van der Waals surface area contributed by atoms with Gasteiger partial charge in [-0.25, -0.2) is 9.97 Å². The van der Waals surface area contributed by atoms with Crippen LogP contribution in [0.25, 0.3) is 0 Å². The SMILES string of the molecule is Cc1cncc(CN2CC(N3CCN(c4ncccn4)CC3)C2)n1. The molecule has 2 saturated heterocycles. The van der Waals surface area contributed by atoms with Crippen LogP contribution in [0.5, 0.6) is 0 Å². The highest BCUT2D eigenvalue weighted by molar-refractivity contribution is 5.29. The van der Waals surface area contributed by atoms with E-state index in [-0.39, 0.29) is 0 Å². The predicted molar refractivity (Wildman–Crippen MR) is 91.7 cm³/mol. The molecular formula is C17H23N7. The number of hydrogen-bond donors (Lipinski definition) is 0. The highest BCUT2D eigenvalue weighted by Crippen LogP contribution is 2.20. The first-order valence-corrected chi connectivity index (χ1v) is 8.54. The zero-order chi connectivity index (χ0) is 16.4. The lowest BCUT2D eigenvalue weighted by molar-refractivity contribution is 0.0246. The molecule has 0 bridgehead atoms. The summed E-state index contributed by atoms with van der Waals surface area (Å²) in [5.74, 6) is 0.852. The van der Waals surface area contributed by atoms with Gasteiger partial charge in [0.1, 0.15) is 0 Å². The van der Waals surface area contributed by atoms with Crippen LogP contribution in [0.2, 0.25) is 0 Å². The van der Waals surface area contributed by atoms with Crippen LogP contribution in [0.3, 0.4) is 0 Å². The monoisotopic (exact) mass is 325 g/mol. The molecule has 0 amide bonds. The first-order chi connectivity index (χ1) is 11.8. The van der Waals surface area contributed by atoms with Gasteiger partial charge in [-0.3, -0.25) is 19.8 Å². The molecule has 0 N–H and O–H groups in total. The van der Waals surface area contributed by atoms with Gasteiger partial charge in [0.05, 0.1) is 11.4 Å².